The van der Waals surface area contributed by atoms with Gasteiger partial charge in [0, 0.05) is 36.5 Å². The number of H-pyrrole nitrogens is 1. The summed E-state index contributed by atoms with van der Waals surface area (Å²) in [6, 6.07) is 5.73. The summed E-state index contributed by atoms with van der Waals surface area (Å²) in [6.45, 7) is 2.63. The van der Waals surface area contributed by atoms with Crippen molar-refractivity contribution in [3.05, 3.63) is 53.9 Å². The van der Waals surface area contributed by atoms with E-state index in [-0.39, 0.29) is 12.0 Å². The van der Waals surface area contributed by atoms with E-state index in [9.17, 15) is 23.4 Å². The number of benzene rings is 1. The van der Waals surface area contributed by atoms with Gasteiger partial charge < -0.3 is 24.7 Å². The number of alkyl halides is 3. The van der Waals surface area contributed by atoms with Crippen molar-refractivity contribution in [3.8, 4) is 0 Å². The number of aromatic nitrogens is 5. The molecule has 1 aromatic carbocycles. The fourth-order valence-corrected chi connectivity index (χ4v) is 6.43. The zero-order chi connectivity index (χ0) is 27.5. The highest BCUT2D eigenvalue weighted by Crippen LogP contribution is 2.40. The molecule has 4 aromatic rings. The number of nitrogens with one attached hydrogen (secondary N) is 1. The van der Waals surface area contributed by atoms with Gasteiger partial charge in [-0.3, -0.25) is 0 Å². The minimum atomic E-state index is -4.37. The molecule has 0 amide bonds. The van der Waals surface area contributed by atoms with Gasteiger partial charge in [-0.15, -0.1) is 0 Å². The molecule has 11 heteroatoms. The molecule has 4 atom stereocenters. The number of halogens is 3. The maximum Gasteiger partial charge on any atom is 0.416 e. The minimum Gasteiger partial charge on any atom is -0.390 e. The zero-order valence-corrected chi connectivity index (χ0v) is 21.9. The molecular weight excluding hydrogens is 509 g/mol. The van der Waals surface area contributed by atoms with Crippen LogP contribution in [0.25, 0.3) is 22.1 Å². The average molecular weight is 543 g/mol. The fourth-order valence-electron chi connectivity index (χ4n) is 6.43. The first-order valence-corrected chi connectivity index (χ1v) is 13.5. The van der Waals surface area contributed by atoms with Crippen LogP contribution >= 0.6 is 0 Å². The van der Waals surface area contributed by atoms with Crippen LogP contribution in [0.4, 0.5) is 13.2 Å². The number of hydrogen-bond donors (Lipinski definition) is 3. The third kappa shape index (κ3) is 4.92. The van der Waals surface area contributed by atoms with Gasteiger partial charge in [0.1, 0.15) is 23.9 Å². The van der Waals surface area contributed by atoms with Crippen LogP contribution in [-0.4, -0.2) is 71.5 Å². The van der Waals surface area contributed by atoms with Gasteiger partial charge in [-0.2, -0.15) is 13.2 Å². The summed E-state index contributed by atoms with van der Waals surface area (Å²) in [5.41, 5.74) is 1.96. The molecule has 0 bridgehead atoms. The first kappa shape index (κ1) is 26.2. The van der Waals surface area contributed by atoms with Gasteiger partial charge in [0.2, 0.25) is 0 Å². The predicted octanol–water partition coefficient (Wildman–Crippen LogP) is 4.26. The number of nitrogens with zero attached hydrogens (tertiary/aromatic N) is 5. The van der Waals surface area contributed by atoms with E-state index in [2.05, 4.69) is 31.9 Å². The van der Waals surface area contributed by atoms with Crippen molar-refractivity contribution >= 4 is 22.1 Å². The second-order valence-electron chi connectivity index (χ2n) is 11.3. The van der Waals surface area contributed by atoms with Crippen LogP contribution in [0.2, 0.25) is 0 Å². The van der Waals surface area contributed by atoms with Crippen molar-refractivity contribution in [2.45, 2.75) is 69.5 Å². The van der Waals surface area contributed by atoms with Crippen molar-refractivity contribution in [2.75, 3.05) is 13.6 Å². The van der Waals surface area contributed by atoms with E-state index < -0.39 is 23.9 Å². The van der Waals surface area contributed by atoms with Crippen molar-refractivity contribution in [3.63, 3.8) is 0 Å². The summed E-state index contributed by atoms with van der Waals surface area (Å²) in [5, 5.41) is 22.7. The molecule has 2 aliphatic rings. The first-order chi connectivity index (χ1) is 18.6. The summed E-state index contributed by atoms with van der Waals surface area (Å²) < 4.78 is 40.9. The van der Waals surface area contributed by atoms with E-state index in [1.807, 2.05) is 23.8 Å². The number of aliphatic hydroxyl groups is 2. The molecule has 2 fully saturated rings. The summed E-state index contributed by atoms with van der Waals surface area (Å²) >= 11 is 0. The lowest BCUT2D eigenvalue weighted by Gasteiger charge is -2.42. The molecule has 39 heavy (non-hydrogen) atoms. The van der Waals surface area contributed by atoms with Crippen LogP contribution in [0, 0.1) is 18.8 Å². The van der Waals surface area contributed by atoms with Crippen LogP contribution in [0.5, 0.6) is 0 Å². The molecular formula is C28H33F3N6O2. The Morgan fingerprint density at radius 2 is 1.90 bits per heavy atom. The van der Waals surface area contributed by atoms with Crippen LogP contribution in [-0.2, 0) is 12.6 Å². The second-order valence-corrected chi connectivity index (χ2v) is 11.3. The normalized spacial score (nSPS) is 27.6. The van der Waals surface area contributed by atoms with E-state index in [0.717, 1.165) is 48.1 Å². The number of imidazole rings is 1. The molecule has 3 N–H and O–H groups in total. The molecule has 208 valence electrons. The highest BCUT2D eigenvalue weighted by molar-refractivity contribution is 5.78. The van der Waals surface area contributed by atoms with E-state index in [0.29, 0.717) is 48.2 Å². The Hall–Kier alpha value is -3.02. The lowest BCUT2D eigenvalue weighted by atomic mass is 9.76. The lowest BCUT2D eigenvalue weighted by Crippen LogP contribution is -2.46. The van der Waals surface area contributed by atoms with Gasteiger partial charge >= 0.3 is 6.18 Å². The van der Waals surface area contributed by atoms with E-state index in [4.69, 9.17) is 0 Å². The van der Waals surface area contributed by atoms with Gasteiger partial charge in [0.15, 0.2) is 0 Å². The highest BCUT2D eigenvalue weighted by atomic mass is 19.4. The quantitative estimate of drug-likeness (QED) is 0.323. The largest absolute Gasteiger partial charge is 0.416 e. The molecule has 8 nitrogen and oxygen atoms in total. The van der Waals surface area contributed by atoms with Gasteiger partial charge in [0.05, 0.1) is 34.4 Å². The Labute approximate surface area is 223 Å². The molecule has 6 rings (SSSR count). The lowest BCUT2D eigenvalue weighted by molar-refractivity contribution is -0.137. The first-order valence-electron chi connectivity index (χ1n) is 13.5. The molecule has 0 spiro atoms. The van der Waals surface area contributed by atoms with Crippen molar-refractivity contribution in [2.24, 2.45) is 11.8 Å². The summed E-state index contributed by atoms with van der Waals surface area (Å²) in [6.07, 6.45) is 1.76. The van der Waals surface area contributed by atoms with Gasteiger partial charge in [-0.25, -0.2) is 15.0 Å². The average Bonchev–Trinajstić information content (AvgIpc) is 3.54. The number of fused-ring (bicyclic) bond motifs is 2. The highest BCUT2D eigenvalue weighted by Gasteiger charge is 2.44. The maximum atomic E-state index is 13.0. The topological polar surface area (TPSA) is 103 Å². The Balaban J connectivity index is 1.01. The Bertz CT molecular complexity index is 1480. The van der Waals surface area contributed by atoms with E-state index >= 15 is 0 Å². The molecule has 3 aromatic heterocycles. The Morgan fingerprint density at radius 3 is 2.67 bits per heavy atom. The molecule has 0 unspecified atom stereocenters. The Kier molecular flexibility index (Phi) is 6.63. The van der Waals surface area contributed by atoms with E-state index in [1.54, 1.807) is 0 Å². The maximum absolute atomic E-state index is 13.0. The monoisotopic (exact) mass is 542 g/mol. The summed E-state index contributed by atoms with van der Waals surface area (Å²) in [7, 11) is 2.08. The summed E-state index contributed by atoms with van der Waals surface area (Å²) in [4.78, 5) is 18.5. The number of aromatic amines is 1. The standard InChI is InChI=1S/C28H33F3N6O2/c1-15-20-7-8-37(27(20)33-14-32-15)23-11-17(25(38)26(23)39)13-36(2)19-9-16(10-19)3-6-24-34-21-5-4-18(28(29,30)31)12-22(21)35-24/h4-5,7-8,12,14,16-17,19,23,25-26,38-39H,3,6,9-11,13H2,1-2H3,(H,34,35)/t16?,17-,19?,23-,25-,26+/m1/s1. The minimum absolute atomic E-state index is 0.0495. The number of aliphatic hydroxyl groups excluding tert-OH is 2. The Morgan fingerprint density at radius 1 is 1.10 bits per heavy atom. The molecule has 3 heterocycles. The summed E-state index contributed by atoms with van der Waals surface area (Å²) in [5.74, 6) is 1.19. The van der Waals surface area contributed by atoms with Crippen LogP contribution in [0.1, 0.15) is 48.8 Å². The van der Waals surface area contributed by atoms with Crippen LogP contribution in [0.3, 0.4) is 0 Å². The van der Waals surface area contributed by atoms with Crippen molar-refractivity contribution in [1.82, 2.24) is 29.4 Å². The van der Waals surface area contributed by atoms with Gasteiger partial charge in [0.25, 0.3) is 0 Å². The fraction of sp³-hybridized carbons (Fsp3) is 0.536. The third-order valence-corrected chi connectivity index (χ3v) is 8.84. The number of rotatable bonds is 7. The predicted molar refractivity (Wildman–Crippen MR) is 140 cm³/mol. The molecule has 0 aliphatic heterocycles. The zero-order valence-electron chi connectivity index (χ0n) is 21.9. The van der Waals surface area contributed by atoms with Crippen molar-refractivity contribution < 1.29 is 23.4 Å². The van der Waals surface area contributed by atoms with Crippen molar-refractivity contribution in [1.29, 1.82) is 0 Å². The van der Waals surface area contributed by atoms with Gasteiger partial charge in [-0.1, -0.05) is 0 Å². The SMILES string of the molecule is Cc1ncnc2c1ccn2[C@@H]1C[C@H](CN(C)C2CC(CCc3nc4ccc(C(F)(F)F)cc4[nH]3)C2)[C@@H](O)[C@H]1O. The molecule has 2 saturated carbocycles. The number of aryl methyl sites for hydroxylation is 2. The molecule has 2 aliphatic carbocycles. The second kappa shape index (κ2) is 9.87. The molecule has 0 radical (unpaired) electrons. The van der Waals surface area contributed by atoms with Gasteiger partial charge in [-0.05, 0) is 69.8 Å². The third-order valence-electron chi connectivity index (χ3n) is 8.84. The van der Waals surface area contributed by atoms with Crippen LogP contribution in [0.15, 0.2) is 36.8 Å². The van der Waals surface area contributed by atoms with E-state index in [1.165, 1.54) is 12.4 Å². The molecule has 0 saturated heterocycles. The number of hydrogen-bond acceptors (Lipinski definition) is 6. The smallest absolute Gasteiger partial charge is 0.390 e. The van der Waals surface area contributed by atoms with Crippen LogP contribution < -0.4 is 0 Å².